The van der Waals surface area contributed by atoms with Crippen molar-refractivity contribution in [3.63, 3.8) is 0 Å². The zero-order chi connectivity index (χ0) is 23.9. The fraction of sp³-hybridized carbons (Fsp3) is 0.192. The van der Waals surface area contributed by atoms with Crippen LogP contribution in [0.25, 0.3) is 11.4 Å². The molecule has 0 saturated heterocycles. The van der Waals surface area contributed by atoms with E-state index >= 15 is 0 Å². The van der Waals surface area contributed by atoms with Gasteiger partial charge in [0, 0.05) is 11.6 Å². The molecule has 3 aromatic carbocycles. The zero-order valence-electron chi connectivity index (χ0n) is 19.3. The van der Waals surface area contributed by atoms with Crippen LogP contribution in [-0.4, -0.2) is 40.6 Å². The summed E-state index contributed by atoms with van der Waals surface area (Å²) in [5.74, 6) is 1.95. The van der Waals surface area contributed by atoms with Crippen LogP contribution in [0.5, 0.6) is 11.5 Å². The predicted molar refractivity (Wildman–Crippen MR) is 135 cm³/mol. The average molecular weight is 475 g/mol. The van der Waals surface area contributed by atoms with Crippen LogP contribution in [0.3, 0.4) is 0 Å². The minimum absolute atomic E-state index is 0.168. The Balaban J connectivity index is 1.55. The van der Waals surface area contributed by atoms with Crippen LogP contribution in [0.15, 0.2) is 78.0 Å². The summed E-state index contributed by atoms with van der Waals surface area (Å²) in [5.41, 5.74) is 3.82. The SMILES string of the molecule is COc1ccc(OC)c(NC(=O)CSc2nnc(-c3cccc(C)c3)n2Cc2ccccc2)c1. The first-order valence-corrected chi connectivity index (χ1v) is 11.7. The van der Waals surface area contributed by atoms with Crippen LogP contribution in [0.2, 0.25) is 0 Å². The van der Waals surface area contributed by atoms with Crippen molar-refractivity contribution in [2.75, 3.05) is 25.3 Å². The van der Waals surface area contributed by atoms with Gasteiger partial charge in [-0.3, -0.25) is 9.36 Å². The smallest absolute Gasteiger partial charge is 0.234 e. The number of carbonyl (C=O) groups is 1. The number of ether oxygens (including phenoxy) is 2. The van der Waals surface area contributed by atoms with Gasteiger partial charge in [0.15, 0.2) is 11.0 Å². The number of nitrogens with zero attached hydrogens (tertiary/aromatic N) is 3. The van der Waals surface area contributed by atoms with Gasteiger partial charge in [0.1, 0.15) is 11.5 Å². The van der Waals surface area contributed by atoms with Crippen LogP contribution in [-0.2, 0) is 11.3 Å². The lowest BCUT2D eigenvalue weighted by Crippen LogP contribution is -2.15. The van der Waals surface area contributed by atoms with Crippen molar-refractivity contribution in [2.45, 2.75) is 18.6 Å². The van der Waals surface area contributed by atoms with E-state index in [1.54, 1.807) is 32.4 Å². The molecule has 4 aromatic rings. The minimum atomic E-state index is -0.178. The zero-order valence-corrected chi connectivity index (χ0v) is 20.1. The highest BCUT2D eigenvalue weighted by atomic mass is 32.2. The summed E-state index contributed by atoms with van der Waals surface area (Å²) < 4.78 is 12.7. The Kier molecular flexibility index (Phi) is 7.49. The quantitative estimate of drug-likeness (QED) is 0.342. The lowest BCUT2D eigenvalue weighted by molar-refractivity contribution is -0.113. The van der Waals surface area contributed by atoms with Crippen molar-refractivity contribution in [3.8, 4) is 22.9 Å². The molecule has 1 N–H and O–H groups in total. The Morgan fingerprint density at radius 3 is 2.53 bits per heavy atom. The first kappa shape index (κ1) is 23.4. The number of nitrogens with one attached hydrogen (secondary N) is 1. The molecule has 0 atom stereocenters. The van der Waals surface area contributed by atoms with Gasteiger partial charge in [0.2, 0.25) is 5.91 Å². The lowest BCUT2D eigenvalue weighted by Gasteiger charge is -2.12. The number of methoxy groups -OCH3 is 2. The summed E-state index contributed by atoms with van der Waals surface area (Å²) in [6.45, 7) is 2.65. The molecule has 0 bridgehead atoms. The Hall–Kier alpha value is -3.78. The van der Waals surface area contributed by atoms with E-state index in [0.717, 1.165) is 22.5 Å². The van der Waals surface area contributed by atoms with Gasteiger partial charge in [0.25, 0.3) is 0 Å². The van der Waals surface area contributed by atoms with E-state index in [1.807, 2.05) is 47.9 Å². The fourth-order valence-corrected chi connectivity index (χ4v) is 4.27. The number of benzene rings is 3. The number of amides is 1. The molecule has 0 saturated carbocycles. The van der Waals surface area contributed by atoms with E-state index in [0.29, 0.717) is 28.9 Å². The fourth-order valence-electron chi connectivity index (χ4n) is 3.53. The average Bonchev–Trinajstić information content (AvgIpc) is 3.25. The van der Waals surface area contributed by atoms with E-state index in [2.05, 4.69) is 33.7 Å². The highest BCUT2D eigenvalue weighted by molar-refractivity contribution is 7.99. The molecular formula is C26H26N4O3S. The molecule has 1 aromatic heterocycles. The van der Waals surface area contributed by atoms with Crippen molar-refractivity contribution in [1.82, 2.24) is 14.8 Å². The molecule has 1 heterocycles. The second-order valence-corrected chi connectivity index (χ2v) is 8.59. The summed E-state index contributed by atoms with van der Waals surface area (Å²) in [7, 11) is 3.14. The summed E-state index contributed by atoms with van der Waals surface area (Å²) in [6, 6.07) is 23.6. The van der Waals surface area contributed by atoms with Crippen LogP contribution < -0.4 is 14.8 Å². The minimum Gasteiger partial charge on any atom is -0.497 e. The normalized spacial score (nSPS) is 10.7. The maximum absolute atomic E-state index is 12.8. The van der Waals surface area contributed by atoms with Gasteiger partial charge in [-0.25, -0.2) is 0 Å². The molecule has 0 radical (unpaired) electrons. The number of thioether (sulfide) groups is 1. The van der Waals surface area contributed by atoms with Crippen molar-refractivity contribution in [2.24, 2.45) is 0 Å². The third kappa shape index (κ3) is 5.58. The molecular weight excluding hydrogens is 448 g/mol. The van der Waals surface area contributed by atoms with E-state index in [4.69, 9.17) is 9.47 Å². The number of anilines is 1. The van der Waals surface area contributed by atoms with E-state index in [9.17, 15) is 4.79 Å². The standard InChI is InChI=1S/C26H26N4O3S/c1-18-8-7-11-20(14-18)25-28-29-26(30(25)16-19-9-5-4-6-10-19)34-17-24(31)27-22-15-21(32-2)12-13-23(22)33-3/h4-15H,16-17H2,1-3H3,(H,27,31). The monoisotopic (exact) mass is 474 g/mol. The van der Waals surface area contributed by atoms with Crippen molar-refractivity contribution < 1.29 is 14.3 Å². The Bertz CT molecular complexity index is 1270. The maximum atomic E-state index is 12.8. The molecule has 0 unspecified atom stereocenters. The Labute approximate surface area is 203 Å². The molecule has 0 aliphatic rings. The lowest BCUT2D eigenvalue weighted by atomic mass is 10.1. The van der Waals surface area contributed by atoms with Gasteiger partial charge in [-0.2, -0.15) is 0 Å². The molecule has 4 rings (SSSR count). The summed E-state index contributed by atoms with van der Waals surface area (Å²) >= 11 is 1.34. The topological polar surface area (TPSA) is 78.3 Å². The number of rotatable bonds is 9. The molecule has 174 valence electrons. The van der Waals surface area contributed by atoms with Gasteiger partial charge in [-0.15, -0.1) is 10.2 Å². The first-order valence-electron chi connectivity index (χ1n) is 10.8. The number of hydrogen-bond donors (Lipinski definition) is 1. The largest absolute Gasteiger partial charge is 0.497 e. The summed E-state index contributed by atoms with van der Waals surface area (Å²) in [5, 5.41) is 12.4. The highest BCUT2D eigenvalue weighted by Crippen LogP contribution is 2.30. The molecule has 0 aliphatic heterocycles. The third-order valence-corrected chi connectivity index (χ3v) is 6.16. The van der Waals surface area contributed by atoms with Gasteiger partial charge >= 0.3 is 0 Å². The van der Waals surface area contributed by atoms with Gasteiger partial charge in [-0.05, 0) is 30.7 Å². The molecule has 34 heavy (non-hydrogen) atoms. The van der Waals surface area contributed by atoms with Gasteiger partial charge < -0.3 is 14.8 Å². The molecule has 8 heteroatoms. The number of carbonyl (C=O) groups excluding carboxylic acids is 1. The van der Waals surface area contributed by atoms with Crippen LogP contribution in [0, 0.1) is 6.92 Å². The number of aromatic nitrogens is 3. The molecule has 0 spiro atoms. The third-order valence-electron chi connectivity index (χ3n) is 5.19. The second-order valence-electron chi connectivity index (χ2n) is 7.65. The molecule has 7 nitrogen and oxygen atoms in total. The summed E-state index contributed by atoms with van der Waals surface area (Å²) in [4.78, 5) is 12.8. The first-order chi connectivity index (χ1) is 16.6. The number of hydrogen-bond acceptors (Lipinski definition) is 6. The Morgan fingerprint density at radius 2 is 1.79 bits per heavy atom. The molecule has 0 aliphatic carbocycles. The van der Waals surface area contributed by atoms with Crippen molar-refractivity contribution in [3.05, 3.63) is 83.9 Å². The van der Waals surface area contributed by atoms with Gasteiger partial charge in [0.05, 0.1) is 32.2 Å². The van der Waals surface area contributed by atoms with Crippen molar-refractivity contribution in [1.29, 1.82) is 0 Å². The van der Waals surface area contributed by atoms with Crippen LogP contribution >= 0.6 is 11.8 Å². The maximum Gasteiger partial charge on any atom is 0.234 e. The van der Waals surface area contributed by atoms with E-state index in [-0.39, 0.29) is 11.7 Å². The van der Waals surface area contributed by atoms with Crippen molar-refractivity contribution >= 4 is 23.4 Å². The number of aryl methyl sites for hydroxylation is 1. The second kappa shape index (κ2) is 10.9. The molecule has 1 amide bonds. The van der Waals surface area contributed by atoms with E-state index < -0.39 is 0 Å². The van der Waals surface area contributed by atoms with E-state index in [1.165, 1.54) is 11.8 Å². The Morgan fingerprint density at radius 1 is 0.971 bits per heavy atom. The van der Waals surface area contributed by atoms with Crippen LogP contribution in [0.4, 0.5) is 5.69 Å². The van der Waals surface area contributed by atoms with Crippen LogP contribution in [0.1, 0.15) is 11.1 Å². The molecule has 0 fully saturated rings. The predicted octanol–water partition coefficient (Wildman–Crippen LogP) is 5.05. The summed E-state index contributed by atoms with van der Waals surface area (Å²) in [6.07, 6.45) is 0. The van der Waals surface area contributed by atoms with Gasteiger partial charge in [-0.1, -0.05) is 65.9 Å². The highest BCUT2D eigenvalue weighted by Gasteiger charge is 2.17.